The Balaban J connectivity index is 2.55. The third kappa shape index (κ3) is 2.23. The van der Waals surface area contributed by atoms with Crippen LogP contribution < -0.4 is 0 Å². The highest BCUT2D eigenvalue weighted by molar-refractivity contribution is 6.01. The first-order chi connectivity index (χ1) is 5.74. The summed E-state index contributed by atoms with van der Waals surface area (Å²) in [6.07, 6.45) is 1.83. The molecule has 0 spiro atoms. The summed E-state index contributed by atoms with van der Waals surface area (Å²) < 4.78 is 12.6. The number of amides is 1. The van der Waals surface area contributed by atoms with Gasteiger partial charge in [0.1, 0.15) is 0 Å². The fourth-order valence-electron chi connectivity index (χ4n) is 0.988. The number of dihydropyridines is 1. The molecule has 1 N–H and O–H groups in total. The van der Waals surface area contributed by atoms with Gasteiger partial charge in [-0.05, 0) is 18.9 Å². The van der Waals surface area contributed by atoms with Crippen molar-refractivity contribution in [3.63, 3.8) is 0 Å². The van der Waals surface area contributed by atoms with Crippen molar-refractivity contribution in [2.24, 2.45) is 4.99 Å². The highest BCUT2D eigenvalue weighted by Crippen LogP contribution is 2.12. The highest BCUT2D eigenvalue weighted by atomic mass is 19.1. The summed E-state index contributed by atoms with van der Waals surface area (Å²) in [6.45, 7) is 0.00524. The lowest BCUT2D eigenvalue weighted by Crippen LogP contribution is -2.12. The molecule has 0 aromatic carbocycles. The van der Waals surface area contributed by atoms with E-state index in [4.69, 9.17) is 5.11 Å². The summed E-state index contributed by atoms with van der Waals surface area (Å²) in [7, 11) is 0. The van der Waals surface area contributed by atoms with Crippen molar-refractivity contribution in [1.29, 1.82) is 0 Å². The standard InChI is InChI=1S/C8H10FNO2/c9-7-4-6(2-1-3-11)8(12)10-5-7/h4-5,7,11H,1-3H2. The number of hydrogen-bond donors (Lipinski definition) is 1. The third-order valence-electron chi connectivity index (χ3n) is 1.57. The third-order valence-corrected chi connectivity index (χ3v) is 1.57. The van der Waals surface area contributed by atoms with Gasteiger partial charge in [0.25, 0.3) is 5.91 Å². The molecule has 1 amide bonds. The van der Waals surface area contributed by atoms with Gasteiger partial charge in [-0.3, -0.25) is 4.79 Å². The van der Waals surface area contributed by atoms with E-state index in [-0.39, 0.29) is 6.61 Å². The van der Waals surface area contributed by atoms with Crippen molar-refractivity contribution in [2.45, 2.75) is 19.0 Å². The van der Waals surface area contributed by atoms with Crippen LogP contribution in [0.1, 0.15) is 12.8 Å². The molecule has 0 saturated heterocycles. The molecule has 1 rings (SSSR count). The van der Waals surface area contributed by atoms with E-state index in [1.807, 2.05) is 0 Å². The minimum absolute atomic E-state index is 0.00524. The second-order valence-electron chi connectivity index (χ2n) is 2.55. The summed E-state index contributed by atoms with van der Waals surface area (Å²) in [5.74, 6) is -0.391. The molecule has 0 aromatic rings. The SMILES string of the molecule is O=C1N=CC(F)C=C1CCCO. The van der Waals surface area contributed by atoms with E-state index >= 15 is 0 Å². The molecule has 1 heterocycles. The normalized spacial score (nSPS) is 22.7. The molecule has 0 radical (unpaired) electrons. The number of carbonyl (C=O) groups excluding carboxylic acids is 1. The van der Waals surface area contributed by atoms with Crippen LogP contribution in [0.3, 0.4) is 0 Å². The fourth-order valence-corrected chi connectivity index (χ4v) is 0.988. The monoisotopic (exact) mass is 171 g/mol. The fraction of sp³-hybridized carbons (Fsp3) is 0.500. The summed E-state index contributed by atoms with van der Waals surface area (Å²) in [5, 5.41) is 8.48. The second-order valence-corrected chi connectivity index (χ2v) is 2.55. The van der Waals surface area contributed by atoms with Gasteiger partial charge in [0.15, 0.2) is 6.17 Å². The Hall–Kier alpha value is -1.03. The Morgan fingerprint density at radius 3 is 3.08 bits per heavy atom. The molecule has 0 aliphatic carbocycles. The second kappa shape index (κ2) is 4.11. The van der Waals surface area contributed by atoms with E-state index in [1.54, 1.807) is 0 Å². The van der Waals surface area contributed by atoms with Crippen molar-refractivity contribution >= 4 is 12.1 Å². The summed E-state index contributed by atoms with van der Waals surface area (Å²) >= 11 is 0. The van der Waals surface area contributed by atoms with Crippen LogP contribution in [0.15, 0.2) is 16.6 Å². The number of carbonyl (C=O) groups is 1. The average molecular weight is 171 g/mol. The lowest BCUT2D eigenvalue weighted by molar-refractivity contribution is -0.114. The molecule has 1 aliphatic heterocycles. The molecular weight excluding hydrogens is 161 g/mol. The van der Waals surface area contributed by atoms with Crippen LogP contribution >= 0.6 is 0 Å². The minimum Gasteiger partial charge on any atom is -0.396 e. The van der Waals surface area contributed by atoms with Gasteiger partial charge < -0.3 is 5.11 Å². The molecule has 4 heteroatoms. The van der Waals surface area contributed by atoms with E-state index in [0.717, 1.165) is 6.21 Å². The lowest BCUT2D eigenvalue weighted by atomic mass is 10.1. The zero-order valence-corrected chi connectivity index (χ0v) is 6.53. The Kier molecular flexibility index (Phi) is 3.10. The molecule has 1 atom stereocenters. The van der Waals surface area contributed by atoms with Gasteiger partial charge >= 0.3 is 0 Å². The number of rotatable bonds is 3. The Bertz CT molecular complexity index is 235. The molecule has 12 heavy (non-hydrogen) atoms. The summed E-state index contributed by atoms with van der Waals surface area (Å²) in [5.41, 5.74) is 0.360. The number of halogens is 1. The maximum atomic E-state index is 12.6. The molecule has 0 fully saturated rings. The maximum Gasteiger partial charge on any atom is 0.272 e. The molecule has 1 unspecified atom stereocenters. The highest BCUT2D eigenvalue weighted by Gasteiger charge is 2.14. The first kappa shape index (κ1) is 9.06. The predicted molar refractivity (Wildman–Crippen MR) is 42.8 cm³/mol. The zero-order chi connectivity index (χ0) is 8.97. The average Bonchev–Trinajstić information content (AvgIpc) is 2.07. The Labute approximate surface area is 69.6 Å². The smallest absolute Gasteiger partial charge is 0.272 e. The van der Waals surface area contributed by atoms with Crippen LogP contribution in [-0.2, 0) is 4.79 Å². The molecular formula is C8H10FNO2. The maximum absolute atomic E-state index is 12.6. The predicted octanol–water partition coefficient (Wildman–Crippen LogP) is 0.634. The zero-order valence-electron chi connectivity index (χ0n) is 6.53. The molecule has 0 saturated carbocycles. The topological polar surface area (TPSA) is 49.7 Å². The van der Waals surface area contributed by atoms with Crippen LogP contribution in [-0.4, -0.2) is 30.0 Å². The summed E-state index contributed by atoms with van der Waals surface area (Å²) in [4.78, 5) is 14.3. The molecule has 66 valence electrons. The van der Waals surface area contributed by atoms with Gasteiger partial charge in [0.05, 0.1) is 0 Å². The van der Waals surface area contributed by atoms with Crippen LogP contribution in [0.4, 0.5) is 4.39 Å². The van der Waals surface area contributed by atoms with Gasteiger partial charge in [-0.2, -0.15) is 0 Å². The molecule has 3 nitrogen and oxygen atoms in total. The van der Waals surface area contributed by atoms with Crippen LogP contribution in [0.25, 0.3) is 0 Å². The van der Waals surface area contributed by atoms with Crippen molar-refractivity contribution in [3.05, 3.63) is 11.6 Å². The van der Waals surface area contributed by atoms with E-state index in [1.165, 1.54) is 6.08 Å². The number of aliphatic hydroxyl groups is 1. The Morgan fingerprint density at radius 1 is 1.67 bits per heavy atom. The van der Waals surface area contributed by atoms with Crippen molar-refractivity contribution in [2.75, 3.05) is 6.61 Å². The molecule has 0 bridgehead atoms. The largest absolute Gasteiger partial charge is 0.396 e. The van der Waals surface area contributed by atoms with Crippen molar-refractivity contribution < 1.29 is 14.3 Å². The van der Waals surface area contributed by atoms with Gasteiger partial charge in [-0.1, -0.05) is 0 Å². The van der Waals surface area contributed by atoms with E-state index in [9.17, 15) is 9.18 Å². The van der Waals surface area contributed by atoms with Crippen LogP contribution in [0, 0.1) is 0 Å². The number of aliphatic imine (C=N–C) groups is 1. The number of allylic oxidation sites excluding steroid dienone is 1. The summed E-state index contributed by atoms with van der Waals surface area (Å²) in [6, 6.07) is 0. The molecule has 0 aromatic heterocycles. The van der Waals surface area contributed by atoms with Gasteiger partial charge in [0.2, 0.25) is 0 Å². The first-order valence-electron chi connectivity index (χ1n) is 3.78. The lowest BCUT2D eigenvalue weighted by Gasteiger charge is -2.07. The van der Waals surface area contributed by atoms with Gasteiger partial charge in [-0.15, -0.1) is 0 Å². The van der Waals surface area contributed by atoms with Crippen molar-refractivity contribution in [1.82, 2.24) is 0 Å². The van der Waals surface area contributed by atoms with Crippen LogP contribution in [0.2, 0.25) is 0 Å². The first-order valence-corrected chi connectivity index (χ1v) is 3.78. The number of nitrogens with zero attached hydrogens (tertiary/aromatic N) is 1. The number of alkyl halides is 1. The molecule has 1 aliphatic rings. The van der Waals surface area contributed by atoms with Gasteiger partial charge in [0, 0.05) is 18.4 Å². The van der Waals surface area contributed by atoms with E-state index in [0.29, 0.717) is 18.4 Å². The van der Waals surface area contributed by atoms with Crippen molar-refractivity contribution in [3.8, 4) is 0 Å². The quantitative estimate of drug-likeness (QED) is 0.677. The van der Waals surface area contributed by atoms with Gasteiger partial charge in [-0.25, -0.2) is 9.38 Å². The number of aliphatic hydroxyl groups excluding tert-OH is 1. The minimum atomic E-state index is -1.25. The van der Waals surface area contributed by atoms with Crippen LogP contribution in [0.5, 0.6) is 0 Å². The van der Waals surface area contributed by atoms with E-state index in [2.05, 4.69) is 4.99 Å². The number of hydrogen-bond acceptors (Lipinski definition) is 2. The van der Waals surface area contributed by atoms with E-state index < -0.39 is 12.1 Å². The Morgan fingerprint density at radius 2 is 2.42 bits per heavy atom.